The molecule has 2 N–H and O–H groups in total. The first kappa shape index (κ1) is 19.8. The fourth-order valence-corrected chi connectivity index (χ4v) is 2.48. The van der Waals surface area contributed by atoms with E-state index in [0.717, 1.165) is 12.1 Å². The van der Waals surface area contributed by atoms with Gasteiger partial charge in [-0.25, -0.2) is 9.48 Å². The molecule has 6 nitrogen and oxygen atoms in total. The molecule has 26 heavy (non-hydrogen) atoms. The minimum absolute atomic E-state index is 0.101. The van der Waals surface area contributed by atoms with E-state index in [9.17, 15) is 28.2 Å². The fourth-order valence-electron chi connectivity index (χ4n) is 2.48. The molecule has 2 aromatic rings. The Labute approximate surface area is 147 Å². The van der Waals surface area contributed by atoms with Gasteiger partial charge in [0.2, 0.25) is 5.88 Å². The molecule has 0 saturated carbocycles. The van der Waals surface area contributed by atoms with Gasteiger partial charge in [0.25, 0.3) is 0 Å². The maximum Gasteiger partial charge on any atom is 0.420 e. The van der Waals surface area contributed by atoms with Crippen LogP contribution in [0.15, 0.2) is 18.2 Å². The van der Waals surface area contributed by atoms with E-state index in [1.165, 1.54) is 17.7 Å². The molecule has 1 heterocycles. The summed E-state index contributed by atoms with van der Waals surface area (Å²) in [6.45, 7) is 5.74. The molecule has 2 rings (SSSR count). The predicted molar refractivity (Wildman–Crippen MR) is 86.4 cm³/mol. The molecule has 0 aliphatic rings. The van der Waals surface area contributed by atoms with E-state index in [1.54, 1.807) is 20.8 Å². The van der Waals surface area contributed by atoms with Gasteiger partial charge in [-0.1, -0.05) is 12.1 Å². The third-order valence-electron chi connectivity index (χ3n) is 3.68. The molecule has 0 spiro atoms. The van der Waals surface area contributed by atoms with Crippen LogP contribution >= 0.6 is 0 Å². The van der Waals surface area contributed by atoms with E-state index in [-0.39, 0.29) is 22.7 Å². The number of benzene rings is 1. The second-order valence-electron chi connectivity index (χ2n) is 6.71. The molecule has 0 amide bonds. The van der Waals surface area contributed by atoms with Crippen LogP contribution in [0.4, 0.5) is 13.2 Å². The summed E-state index contributed by atoms with van der Waals surface area (Å²) in [7, 11) is 0. The summed E-state index contributed by atoms with van der Waals surface area (Å²) in [6.07, 6.45) is -4.76. The highest BCUT2D eigenvalue weighted by molar-refractivity contribution is 5.87. The number of halogens is 3. The average molecular weight is 372 g/mol. The van der Waals surface area contributed by atoms with Crippen LogP contribution in [0.5, 0.6) is 11.6 Å². The number of aromatic nitrogens is 2. The molecule has 1 aromatic carbocycles. The van der Waals surface area contributed by atoms with Gasteiger partial charge in [0, 0.05) is 5.56 Å². The van der Waals surface area contributed by atoms with Crippen LogP contribution in [0.2, 0.25) is 0 Å². The molecule has 0 aliphatic carbocycles. The van der Waals surface area contributed by atoms with Crippen LogP contribution in [0.25, 0.3) is 0 Å². The monoisotopic (exact) mass is 372 g/mol. The molecule has 0 aliphatic heterocycles. The highest BCUT2D eigenvalue weighted by Gasteiger charge is 2.38. The maximum absolute atomic E-state index is 13.5. The van der Waals surface area contributed by atoms with Crippen molar-refractivity contribution in [1.29, 1.82) is 0 Å². The number of nitrogens with zero attached hydrogens (tertiary/aromatic N) is 2. The number of hydrogen-bond donors (Lipinski definition) is 2. The third-order valence-corrected chi connectivity index (χ3v) is 3.68. The van der Waals surface area contributed by atoms with Crippen molar-refractivity contribution in [1.82, 2.24) is 9.78 Å². The Balaban J connectivity index is 2.69. The average Bonchev–Trinajstić information content (AvgIpc) is 2.83. The van der Waals surface area contributed by atoms with Crippen molar-refractivity contribution >= 4 is 5.97 Å². The van der Waals surface area contributed by atoms with E-state index in [2.05, 4.69) is 5.10 Å². The van der Waals surface area contributed by atoms with E-state index >= 15 is 0 Å². The number of carboxylic acid groups (broad SMARTS) is 1. The van der Waals surface area contributed by atoms with Crippen molar-refractivity contribution in [3.63, 3.8) is 0 Å². The van der Waals surface area contributed by atoms with Gasteiger partial charge < -0.3 is 14.9 Å². The van der Waals surface area contributed by atoms with Crippen LogP contribution in [0.1, 0.15) is 48.0 Å². The van der Waals surface area contributed by atoms with Gasteiger partial charge >= 0.3 is 12.1 Å². The zero-order chi connectivity index (χ0) is 19.9. The first-order valence-electron chi connectivity index (χ1n) is 7.69. The van der Waals surface area contributed by atoms with E-state index < -0.39 is 35.6 Å². The minimum atomic E-state index is -4.76. The standard InChI is InChI=1S/C17H19F3N2O4/c1-9-13(15(24)25)21-22(16(2,3)4)14(9)26-11-7-5-6-10(8-23)12(11)17(18,19)20/h5-7,23H,8H2,1-4H3,(H,24,25). The van der Waals surface area contributed by atoms with Gasteiger partial charge in [-0.2, -0.15) is 18.3 Å². The molecule has 1 aromatic heterocycles. The van der Waals surface area contributed by atoms with Gasteiger partial charge in [0.15, 0.2) is 5.69 Å². The van der Waals surface area contributed by atoms with Crippen molar-refractivity contribution in [2.24, 2.45) is 0 Å². The first-order chi connectivity index (χ1) is 11.9. The highest BCUT2D eigenvalue weighted by atomic mass is 19.4. The normalized spacial score (nSPS) is 12.3. The highest BCUT2D eigenvalue weighted by Crippen LogP contribution is 2.42. The summed E-state index contributed by atoms with van der Waals surface area (Å²) in [4.78, 5) is 11.3. The van der Waals surface area contributed by atoms with Crippen molar-refractivity contribution in [3.8, 4) is 11.6 Å². The zero-order valence-electron chi connectivity index (χ0n) is 14.7. The summed E-state index contributed by atoms with van der Waals surface area (Å²) in [6, 6.07) is 3.58. The molecule has 0 atom stereocenters. The number of rotatable bonds is 4. The molecule has 0 bridgehead atoms. The summed E-state index contributed by atoms with van der Waals surface area (Å²) in [5, 5.41) is 22.5. The van der Waals surface area contributed by atoms with Crippen LogP contribution in [0, 0.1) is 6.92 Å². The Morgan fingerprint density at radius 1 is 1.27 bits per heavy atom. The number of carboxylic acids is 1. The van der Waals surface area contributed by atoms with E-state index in [4.69, 9.17) is 4.74 Å². The first-order valence-corrected chi connectivity index (χ1v) is 7.69. The number of aliphatic hydroxyl groups is 1. The lowest BCUT2D eigenvalue weighted by atomic mass is 10.1. The lowest BCUT2D eigenvalue weighted by Crippen LogP contribution is -2.24. The van der Waals surface area contributed by atoms with Crippen LogP contribution in [-0.2, 0) is 18.3 Å². The van der Waals surface area contributed by atoms with Crippen LogP contribution in [-0.4, -0.2) is 26.0 Å². The van der Waals surface area contributed by atoms with Gasteiger partial charge in [0.05, 0.1) is 12.1 Å². The van der Waals surface area contributed by atoms with Crippen molar-refractivity contribution in [3.05, 3.63) is 40.6 Å². The van der Waals surface area contributed by atoms with Crippen molar-refractivity contribution in [2.45, 2.75) is 46.0 Å². The SMILES string of the molecule is Cc1c(C(=O)O)nn(C(C)(C)C)c1Oc1cccc(CO)c1C(F)(F)F. The lowest BCUT2D eigenvalue weighted by molar-refractivity contribution is -0.139. The molecule has 0 saturated heterocycles. The molecular weight excluding hydrogens is 353 g/mol. The fraction of sp³-hybridized carbons (Fsp3) is 0.412. The Kier molecular flexibility index (Phi) is 5.05. The van der Waals surface area contributed by atoms with Crippen molar-refractivity contribution < 1.29 is 32.9 Å². The maximum atomic E-state index is 13.5. The van der Waals surface area contributed by atoms with Gasteiger partial charge in [-0.05, 0) is 39.3 Å². The van der Waals surface area contributed by atoms with E-state index in [0.29, 0.717) is 0 Å². The Morgan fingerprint density at radius 2 is 1.88 bits per heavy atom. The molecule has 142 valence electrons. The second-order valence-corrected chi connectivity index (χ2v) is 6.71. The number of alkyl halides is 3. The number of hydrogen-bond acceptors (Lipinski definition) is 4. The number of ether oxygens (including phenoxy) is 1. The molecule has 0 unspecified atom stereocenters. The Hall–Kier alpha value is -2.55. The number of aromatic carboxylic acids is 1. The zero-order valence-corrected chi connectivity index (χ0v) is 14.7. The van der Waals surface area contributed by atoms with Gasteiger partial charge in [-0.15, -0.1) is 0 Å². The summed E-state index contributed by atoms with van der Waals surface area (Å²) in [5.41, 5.74) is -2.38. The summed E-state index contributed by atoms with van der Waals surface area (Å²) < 4.78 is 47.1. The summed E-state index contributed by atoms with van der Waals surface area (Å²) >= 11 is 0. The molecular formula is C17H19F3N2O4. The summed E-state index contributed by atoms with van der Waals surface area (Å²) in [5.74, 6) is -1.94. The van der Waals surface area contributed by atoms with Crippen LogP contribution in [0.3, 0.4) is 0 Å². The topological polar surface area (TPSA) is 84.6 Å². The Bertz CT molecular complexity index is 836. The second kappa shape index (κ2) is 6.64. The molecule has 0 radical (unpaired) electrons. The van der Waals surface area contributed by atoms with Crippen LogP contribution < -0.4 is 4.74 Å². The van der Waals surface area contributed by atoms with Gasteiger partial charge in [-0.3, -0.25) is 0 Å². The lowest BCUT2D eigenvalue weighted by Gasteiger charge is -2.23. The smallest absolute Gasteiger partial charge is 0.420 e. The number of aliphatic hydroxyl groups excluding tert-OH is 1. The molecule has 9 heteroatoms. The van der Waals surface area contributed by atoms with E-state index in [1.807, 2.05) is 0 Å². The molecule has 0 fully saturated rings. The predicted octanol–water partition coefficient (Wildman–Crippen LogP) is 3.95. The number of carbonyl (C=O) groups is 1. The Morgan fingerprint density at radius 3 is 2.35 bits per heavy atom. The quantitative estimate of drug-likeness (QED) is 0.849. The largest absolute Gasteiger partial charge is 0.476 e. The minimum Gasteiger partial charge on any atom is -0.476 e. The van der Waals surface area contributed by atoms with Gasteiger partial charge in [0.1, 0.15) is 11.3 Å². The van der Waals surface area contributed by atoms with Crippen molar-refractivity contribution in [2.75, 3.05) is 0 Å². The third kappa shape index (κ3) is 3.67.